The molecule has 0 radical (unpaired) electrons. The predicted molar refractivity (Wildman–Crippen MR) is 152 cm³/mol. The zero-order chi connectivity index (χ0) is 26.4. The van der Waals surface area contributed by atoms with Gasteiger partial charge in [0.2, 0.25) is 0 Å². The third kappa shape index (κ3) is 5.04. The number of likely N-dealkylation sites (tertiary alicyclic amines) is 2. The number of thiophene rings is 2. The van der Waals surface area contributed by atoms with Gasteiger partial charge in [0.05, 0.1) is 45.6 Å². The van der Waals surface area contributed by atoms with E-state index in [-0.39, 0.29) is 12.1 Å². The third-order valence-corrected chi connectivity index (χ3v) is 9.64. The van der Waals surface area contributed by atoms with Crippen LogP contribution < -0.4 is 0 Å². The van der Waals surface area contributed by atoms with Crippen molar-refractivity contribution in [2.45, 2.75) is 64.1 Å². The Morgan fingerprint density at radius 2 is 1.39 bits per heavy atom. The first-order valence-electron chi connectivity index (χ1n) is 13.3. The standard InChI is InChI=1S/C28H34N6O2S2/c1-28(2,3)36-27(35)34-14-6-8-20(34)26-30-16-18(32-26)22-10-12-24(38-22)23-11-9-21(37-23)17-15-29-25(31-17)19-7-5-13-33(19)4/h9-12,15-16,19-20H,5-8,13-14H2,1-4H3,(H,29,31)(H,30,32)/t19-,20-/m1/s1. The number of rotatable bonds is 5. The Morgan fingerprint density at radius 1 is 0.868 bits per heavy atom. The van der Waals surface area contributed by atoms with Crippen molar-refractivity contribution in [1.82, 2.24) is 29.7 Å². The van der Waals surface area contributed by atoms with Crippen LogP contribution >= 0.6 is 22.7 Å². The van der Waals surface area contributed by atoms with Crippen molar-refractivity contribution < 1.29 is 9.53 Å². The molecular weight excluding hydrogens is 516 g/mol. The van der Waals surface area contributed by atoms with Crippen molar-refractivity contribution in [2.75, 3.05) is 20.1 Å². The number of aromatic amines is 2. The molecule has 2 saturated heterocycles. The molecule has 0 aromatic carbocycles. The highest BCUT2D eigenvalue weighted by molar-refractivity contribution is 7.25. The highest BCUT2D eigenvalue weighted by atomic mass is 32.1. The molecule has 2 atom stereocenters. The third-order valence-electron chi connectivity index (χ3n) is 7.21. The van der Waals surface area contributed by atoms with Crippen LogP contribution in [0.5, 0.6) is 0 Å². The van der Waals surface area contributed by atoms with E-state index < -0.39 is 5.60 Å². The maximum Gasteiger partial charge on any atom is 0.410 e. The van der Waals surface area contributed by atoms with E-state index in [0.29, 0.717) is 12.6 Å². The molecule has 2 fully saturated rings. The number of carbonyl (C=O) groups is 1. The van der Waals surface area contributed by atoms with Crippen LogP contribution in [0.3, 0.4) is 0 Å². The van der Waals surface area contributed by atoms with Gasteiger partial charge in [-0.05, 0) is 84.3 Å². The Bertz CT molecular complexity index is 1430. The number of aromatic nitrogens is 4. The second kappa shape index (κ2) is 9.98. The lowest BCUT2D eigenvalue weighted by atomic mass is 10.2. The van der Waals surface area contributed by atoms with Gasteiger partial charge in [-0.15, -0.1) is 22.7 Å². The van der Waals surface area contributed by atoms with E-state index in [0.717, 1.165) is 53.7 Å². The topological polar surface area (TPSA) is 90.1 Å². The quantitative estimate of drug-likeness (QED) is 0.277. The van der Waals surface area contributed by atoms with Crippen LogP contribution in [-0.2, 0) is 4.74 Å². The van der Waals surface area contributed by atoms with Gasteiger partial charge in [-0.2, -0.15) is 0 Å². The predicted octanol–water partition coefficient (Wildman–Crippen LogP) is 7.10. The average Bonchev–Trinajstić information content (AvgIpc) is 3.68. The molecule has 6 heterocycles. The number of carbonyl (C=O) groups excluding carboxylic acids is 1. The fraction of sp³-hybridized carbons (Fsp3) is 0.464. The van der Waals surface area contributed by atoms with Crippen molar-refractivity contribution in [1.29, 1.82) is 0 Å². The molecule has 8 nitrogen and oxygen atoms in total. The number of ether oxygens (including phenoxy) is 1. The second-order valence-electron chi connectivity index (χ2n) is 11.2. The summed E-state index contributed by atoms with van der Waals surface area (Å²) in [4.78, 5) is 38.1. The van der Waals surface area contributed by atoms with Gasteiger partial charge in [-0.1, -0.05) is 0 Å². The first kappa shape index (κ1) is 25.3. The molecule has 0 unspecified atom stereocenters. The van der Waals surface area contributed by atoms with E-state index in [1.165, 1.54) is 21.1 Å². The van der Waals surface area contributed by atoms with Gasteiger partial charge >= 0.3 is 6.09 Å². The van der Waals surface area contributed by atoms with Crippen LogP contribution in [0.1, 0.15) is 70.2 Å². The Labute approximate surface area is 231 Å². The van der Waals surface area contributed by atoms with Crippen molar-refractivity contribution in [2.24, 2.45) is 0 Å². The van der Waals surface area contributed by atoms with Crippen LogP contribution in [0.15, 0.2) is 36.7 Å². The Kier molecular flexibility index (Phi) is 6.65. The van der Waals surface area contributed by atoms with Crippen LogP contribution in [-0.4, -0.2) is 61.6 Å². The lowest BCUT2D eigenvalue weighted by Gasteiger charge is -2.27. The summed E-state index contributed by atoms with van der Waals surface area (Å²) in [7, 11) is 2.17. The van der Waals surface area contributed by atoms with Crippen LogP contribution in [0.4, 0.5) is 4.79 Å². The minimum absolute atomic E-state index is 0.0822. The minimum atomic E-state index is -0.514. The molecule has 200 valence electrons. The molecular formula is C28H34N6O2S2. The first-order chi connectivity index (χ1) is 18.2. The number of hydrogen-bond acceptors (Lipinski definition) is 7. The van der Waals surface area contributed by atoms with Gasteiger partial charge in [-0.3, -0.25) is 9.80 Å². The molecule has 2 aliphatic rings. The number of nitrogens with zero attached hydrogens (tertiary/aromatic N) is 4. The Hall–Kier alpha value is -2.95. The van der Waals surface area contributed by atoms with E-state index in [1.54, 1.807) is 27.6 Å². The van der Waals surface area contributed by atoms with Crippen LogP contribution in [0.2, 0.25) is 0 Å². The maximum absolute atomic E-state index is 12.7. The molecule has 6 rings (SSSR count). The number of amides is 1. The lowest BCUT2D eigenvalue weighted by Crippen LogP contribution is -2.36. The smallest absolute Gasteiger partial charge is 0.410 e. The fourth-order valence-corrected chi connectivity index (χ4v) is 7.37. The minimum Gasteiger partial charge on any atom is -0.444 e. The molecule has 4 aromatic heterocycles. The summed E-state index contributed by atoms with van der Waals surface area (Å²) >= 11 is 3.53. The summed E-state index contributed by atoms with van der Waals surface area (Å²) in [5.74, 6) is 1.88. The van der Waals surface area contributed by atoms with Gasteiger partial charge in [0.15, 0.2) is 0 Å². The van der Waals surface area contributed by atoms with E-state index >= 15 is 0 Å². The average molecular weight is 551 g/mol. The highest BCUT2D eigenvalue weighted by Crippen LogP contribution is 2.41. The van der Waals surface area contributed by atoms with E-state index in [1.807, 2.05) is 33.2 Å². The van der Waals surface area contributed by atoms with Gasteiger partial charge in [0.25, 0.3) is 0 Å². The van der Waals surface area contributed by atoms with Gasteiger partial charge in [0, 0.05) is 16.3 Å². The summed E-state index contributed by atoms with van der Waals surface area (Å²) < 4.78 is 5.62. The first-order valence-corrected chi connectivity index (χ1v) is 14.9. The molecule has 0 saturated carbocycles. The van der Waals surface area contributed by atoms with E-state index in [9.17, 15) is 4.79 Å². The number of imidazole rings is 2. The van der Waals surface area contributed by atoms with E-state index in [2.05, 4.69) is 56.1 Å². The molecule has 0 bridgehead atoms. The molecule has 1 amide bonds. The largest absolute Gasteiger partial charge is 0.444 e. The summed E-state index contributed by atoms with van der Waals surface area (Å²) in [6.07, 6.45) is 7.78. The number of hydrogen-bond donors (Lipinski definition) is 2. The van der Waals surface area contributed by atoms with Crippen molar-refractivity contribution in [3.8, 4) is 30.9 Å². The molecule has 4 aromatic rings. The van der Waals surface area contributed by atoms with Gasteiger partial charge < -0.3 is 14.7 Å². The van der Waals surface area contributed by atoms with Crippen molar-refractivity contribution >= 4 is 28.8 Å². The molecule has 10 heteroatoms. The normalized spacial score (nSPS) is 20.5. The molecule has 2 aliphatic heterocycles. The van der Waals surface area contributed by atoms with Crippen molar-refractivity contribution in [3.63, 3.8) is 0 Å². The Morgan fingerprint density at radius 3 is 1.95 bits per heavy atom. The van der Waals surface area contributed by atoms with Crippen molar-refractivity contribution in [3.05, 3.63) is 48.3 Å². The molecule has 2 N–H and O–H groups in total. The molecule has 0 spiro atoms. The highest BCUT2D eigenvalue weighted by Gasteiger charge is 2.35. The summed E-state index contributed by atoms with van der Waals surface area (Å²) in [6, 6.07) is 8.98. The second-order valence-corrected chi connectivity index (χ2v) is 13.3. The van der Waals surface area contributed by atoms with Crippen LogP contribution in [0, 0.1) is 0 Å². The van der Waals surface area contributed by atoms with E-state index in [4.69, 9.17) is 4.74 Å². The van der Waals surface area contributed by atoms with Crippen LogP contribution in [0.25, 0.3) is 30.9 Å². The SMILES string of the molecule is CN1CCC[C@@H]1c1ncc(-c2ccc(-c3ccc(-c4cnc([C@H]5CCCN5C(=O)OC(C)(C)C)[nH]4)s3)s2)[nH]1. The lowest BCUT2D eigenvalue weighted by molar-refractivity contribution is 0.0218. The monoisotopic (exact) mass is 550 g/mol. The fourth-order valence-electron chi connectivity index (χ4n) is 5.34. The maximum atomic E-state index is 12.7. The summed E-state index contributed by atoms with van der Waals surface area (Å²) in [5.41, 5.74) is 1.54. The Balaban J connectivity index is 1.16. The number of H-pyrrole nitrogens is 2. The molecule has 0 aliphatic carbocycles. The summed E-state index contributed by atoms with van der Waals surface area (Å²) in [5, 5.41) is 0. The molecule has 38 heavy (non-hydrogen) atoms. The zero-order valence-corrected chi connectivity index (χ0v) is 23.9. The van der Waals surface area contributed by atoms with Gasteiger partial charge in [0.1, 0.15) is 17.2 Å². The number of nitrogens with one attached hydrogen (secondary N) is 2. The summed E-state index contributed by atoms with van der Waals surface area (Å²) in [6.45, 7) is 7.51. The zero-order valence-electron chi connectivity index (χ0n) is 22.3. The van der Waals surface area contributed by atoms with Gasteiger partial charge in [-0.25, -0.2) is 14.8 Å².